The molecule has 0 N–H and O–H groups in total. The highest BCUT2D eigenvalue weighted by atomic mass is 15.1. The number of hydrogen-bond donors (Lipinski definition) is 0. The first-order valence-corrected chi connectivity index (χ1v) is 15.9. The lowest BCUT2D eigenvalue weighted by atomic mass is 9.85. The molecule has 6 aromatic carbocycles. The molecule has 1 nitrogen and oxygen atoms in total. The highest BCUT2D eigenvalue weighted by Gasteiger charge is 2.17. The van der Waals surface area contributed by atoms with Crippen LogP contribution in [-0.4, -0.2) is 0 Å². The molecule has 1 heteroatoms. The van der Waals surface area contributed by atoms with Gasteiger partial charge in [-0.05, 0) is 82.6 Å². The summed E-state index contributed by atoms with van der Waals surface area (Å²) in [5, 5.41) is 0. The number of para-hydroxylation sites is 2. The maximum Gasteiger partial charge on any atom is 0.0461 e. The molecule has 0 heterocycles. The molecule has 218 valence electrons. The molecule has 0 amide bonds. The summed E-state index contributed by atoms with van der Waals surface area (Å²) in [5.41, 5.74) is 11.5. The highest BCUT2D eigenvalue weighted by Crippen LogP contribution is 2.37. The van der Waals surface area contributed by atoms with E-state index in [4.69, 9.17) is 0 Å². The van der Waals surface area contributed by atoms with Crippen LogP contribution in [0.2, 0.25) is 0 Å². The summed E-state index contributed by atoms with van der Waals surface area (Å²) < 4.78 is 0. The van der Waals surface area contributed by atoms with Gasteiger partial charge in [-0.15, -0.1) is 0 Å². The van der Waals surface area contributed by atoms with E-state index in [0.29, 0.717) is 11.8 Å². The first kappa shape index (κ1) is 28.4. The van der Waals surface area contributed by atoms with E-state index in [1.807, 2.05) is 0 Å². The molecule has 1 unspecified atom stereocenters. The van der Waals surface area contributed by atoms with Gasteiger partial charge in [-0.2, -0.15) is 0 Å². The van der Waals surface area contributed by atoms with Gasteiger partial charge < -0.3 is 4.90 Å². The van der Waals surface area contributed by atoms with Crippen molar-refractivity contribution in [3.05, 3.63) is 216 Å². The molecule has 0 bridgehead atoms. The normalized spacial score (nSPS) is 14.2. The van der Waals surface area contributed by atoms with Gasteiger partial charge in [-0.1, -0.05) is 152 Å². The Hall–Kier alpha value is -5.40. The fraction of sp³-hybridized carbons (Fsp3) is 0.0909. The predicted octanol–water partition coefficient (Wildman–Crippen LogP) is 11.7. The van der Waals surface area contributed by atoms with Crippen molar-refractivity contribution in [1.82, 2.24) is 0 Å². The third-order valence-electron chi connectivity index (χ3n) is 8.84. The smallest absolute Gasteiger partial charge is 0.0461 e. The van der Waals surface area contributed by atoms with Crippen molar-refractivity contribution in [3.8, 4) is 0 Å². The summed E-state index contributed by atoms with van der Waals surface area (Å²) in [5.74, 6) is 0.716. The van der Waals surface area contributed by atoms with E-state index in [2.05, 4.69) is 193 Å². The van der Waals surface area contributed by atoms with Gasteiger partial charge in [0.15, 0.2) is 0 Å². The predicted molar refractivity (Wildman–Crippen MR) is 190 cm³/mol. The number of anilines is 3. The van der Waals surface area contributed by atoms with E-state index < -0.39 is 0 Å². The van der Waals surface area contributed by atoms with Crippen LogP contribution in [0.3, 0.4) is 0 Å². The topological polar surface area (TPSA) is 3.24 Å². The molecule has 0 aliphatic heterocycles. The van der Waals surface area contributed by atoms with Gasteiger partial charge in [0.2, 0.25) is 0 Å². The maximum absolute atomic E-state index is 2.39. The second-order valence-electron chi connectivity index (χ2n) is 11.7. The number of hydrogen-bond acceptors (Lipinski definition) is 1. The Bertz CT molecular complexity index is 1780. The molecule has 1 atom stereocenters. The molecule has 6 aromatic rings. The summed E-state index contributed by atoms with van der Waals surface area (Å²) in [6.07, 6.45) is 9.04. The van der Waals surface area contributed by atoms with Crippen LogP contribution in [0.4, 0.5) is 17.1 Å². The highest BCUT2D eigenvalue weighted by molar-refractivity contribution is 5.77. The first-order chi connectivity index (χ1) is 22.3. The number of benzene rings is 6. The third kappa shape index (κ3) is 6.59. The van der Waals surface area contributed by atoms with Gasteiger partial charge in [0.1, 0.15) is 0 Å². The zero-order chi connectivity index (χ0) is 30.3. The van der Waals surface area contributed by atoms with Crippen molar-refractivity contribution in [2.75, 3.05) is 4.90 Å². The van der Waals surface area contributed by atoms with Gasteiger partial charge in [0.05, 0.1) is 0 Å². The van der Waals surface area contributed by atoms with Gasteiger partial charge in [-0.25, -0.2) is 0 Å². The van der Waals surface area contributed by atoms with E-state index in [1.165, 1.54) is 33.4 Å². The zero-order valence-electron chi connectivity index (χ0n) is 25.4. The van der Waals surface area contributed by atoms with Crippen LogP contribution in [0.15, 0.2) is 188 Å². The number of rotatable bonds is 9. The minimum absolute atomic E-state index is 0.339. The van der Waals surface area contributed by atoms with Crippen molar-refractivity contribution in [1.29, 1.82) is 0 Å². The molecule has 0 spiro atoms. The van der Waals surface area contributed by atoms with E-state index in [-0.39, 0.29) is 0 Å². The van der Waals surface area contributed by atoms with Gasteiger partial charge in [0.25, 0.3) is 0 Å². The summed E-state index contributed by atoms with van der Waals surface area (Å²) in [6.45, 7) is 0. The van der Waals surface area contributed by atoms with E-state index in [9.17, 15) is 0 Å². The molecule has 1 aliphatic rings. The minimum atomic E-state index is 0.339. The average Bonchev–Trinajstić information content (AvgIpc) is 3.13. The summed E-state index contributed by atoms with van der Waals surface area (Å²) >= 11 is 0. The van der Waals surface area contributed by atoms with Crippen molar-refractivity contribution in [2.45, 2.75) is 24.7 Å². The van der Waals surface area contributed by atoms with E-state index in [1.54, 1.807) is 0 Å². The SMILES string of the molecule is C1=CC(c2ccc(N(c3ccccc3)c3ccccc3)cc2)CC=C1c1ccc(CC(c2ccccc2)c2ccccc2)cc1. The lowest BCUT2D eigenvalue weighted by molar-refractivity contribution is 0.805. The summed E-state index contributed by atoms with van der Waals surface area (Å²) in [6, 6.07) is 61.1. The van der Waals surface area contributed by atoms with Crippen molar-refractivity contribution >= 4 is 22.6 Å². The minimum Gasteiger partial charge on any atom is -0.311 e. The fourth-order valence-corrected chi connectivity index (χ4v) is 6.42. The largest absolute Gasteiger partial charge is 0.311 e. The number of nitrogens with zero attached hydrogens (tertiary/aromatic N) is 1. The molecular weight excluding hydrogens is 542 g/mol. The van der Waals surface area contributed by atoms with Gasteiger partial charge in [-0.3, -0.25) is 0 Å². The quantitative estimate of drug-likeness (QED) is 0.165. The van der Waals surface area contributed by atoms with Crippen LogP contribution in [0.25, 0.3) is 5.57 Å². The van der Waals surface area contributed by atoms with Crippen molar-refractivity contribution in [2.24, 2.45) is 0 Å². The Kier molecular flexibility index (Phi) is 8.51. The molecule has 0 saturated heterocycles. The Balaban J connectivity index is 1.04. The summed E-state index contributed by atoms with van der Waals surface area (Å²) in [4.78, 5) is 2.31. The standard InChI is InChI=1S/C44H37N/c1-5-13-39(14-6-1)44(40-15-7-2-8-16-40)33-34-21-23-35(24-22-34)36-25-27-37(28-26-36)38-29-31-43(32-30-38)45(41-17-9-3-10-18-41)42-19-11-4-12-20-42/h1-27,29-32,37,44H,28,33H2. The molecular formula is C44H37N. The van der Waals surface area contributed by atoms with E-state index >= 15 is 0 Å². The van der Waals surface area contributed by atoms with Crippen molar-refractivity contribution < 1.29 is 0 Å². The van der Waals surface area contributed by atoms with Crippen LogP contribution in [0.1, 0.15) is 46.1 Å². The fourth-order valence-electron chi connectivity index (χ4n) is 6.42. The van der Waals surface area contributed by atoms with E-state index in [0.717, 1.165) is 29.9 Å². The Labute approximate surface area is 267 Å². The Morgan fingerprint density at radius 1 is 0.511 bits per heavy atom. The zero-order valence-corrected chi connectivity index (χ0v) is 25.4. The molecule has 0 aromatic heterocycles. The molecule has 0 fully saturated rings. The van der Waals surface area contributed by atoms with Crippen LogP contribution >= 0.6 is 0 Å². The molecule has 0 radical (unpaired) electrons. The third-order valence-corrected chi connectivity index (χ3v) is 8.84. The van der Waals surface area contributed by atoms with Crippen LogP contribution in [0.5, 0.6) is 0 Å². The van der Waals surface area contributed by atoms with Crippen LogP contribution in [-0.2, 0) is 6.42 Å². The second kappa shape index (κ2) is 13.5. The van der Waals surface area contributed by atoms with Crippen LogP contribution < -0.4 is 4.90 Å². The number of allylic oxidation sites excluding steroid dienone is 4. The second-order valence-corrected chi connectivity index (χ2v) is 11.7. The lowest BCUT2D eigenvalue weighted by Gasteiger charge is -2.26. The molecule has 0 saturated carbocycles. The Morgan fingerprint density at radius 2 is 1.00 bits per heavy atom. The van der Waals surface area contributed by atoms with Gasteiger partial charge >= 0.3 is 0 Å². The average molecular weight is 580 g/mol. The summed E-state index contributed by atoms with van der Waals surface area (Å²) in [7, 11) is 0. The lowest BCUT2D eigenvalue weighted by Crippen LogP contribution is -2.10. The Morgan fingerprint density at radius 3 is 1.49 bits per heavy atom. The maximum atomic E-state index is 2.39. The molecule has 45 heavy (non-hydrogen) atoms. The van der Waals surface area contributed by atoms with Crippen molar-refractivity contribution in [3.63, 3.8) is 0 Å². The van der Waals surface area contributed by atoms with Crippen LogP contribution in [0, 0.1) is 0 Å². The van der Waals surface area contributed by atoms with Gasteiger partial charge in [0, 0.05) is 28.9 Å². The first-order valence-electron chi connectivity index (χ1n) is 15.9. The molecule has 1 aliphatic carbocycles. The monoisotopic (exact) mass is 579 g/mol. The molecule has 7 rings (SSSR count).